The van der Waals surface area contributed by atoms with E-state index < -0.39 is 96.2 Å². The number of ether oxygens (including phenoxy) is 2. The number of fused-ring (bicyclic) bond motifs is 5. The van der Waals surface area contributed by atoms with Crippen LogP contribution in [0.1, 0.15) is 96.4 Å². The van der Waals surface area contributed by atoms with Crippen molar-refractivity contribution in [3.63, 3.8) is 0 Å². The molecular formula is C78H80Cl3F17N28O9S11. The van der Waals surface area contributed by atoms with Crippen molar-refractivity contribution < 1.29 is 115 Å². The van der Waals surface area contributed by atoms with Crippen LogP contribution in [0.3, 0.4) is 0 Å². The number of anilines is 4. The van der Waals surface area contributed by atoms with Crippen LogP contribution in [-0.2, 0) is 166 Å². The highest BCUT2D eigenvalue weighted by molar-refractivity contribution is 8.74. The number of nitrogens with one attached hydrogen (secondary N) is 4. The summed E-state index contributed by atoms with van der Waals surface area (Å²) < 4.78 is 222. The van der Waals surface area contributed by atoms with Crippen molar-refractivity contribution in [1.82, 2.24) is 110 Å². The van der Waals surface area contributed by atoms with E-state index in [1.54, 1.807) is 150 Å². The van der Waals surface area contributed by atoms with Crippen molar-refractivity contribution in [3.8, 4) is 0 Å². The standard InChI is InChI=1S/C23H18F4N6O3.C17H12FNO3.C8H12F3N5.C8H8F3N5.C6H8ClN3.C6H11N5.C4H2Cl2N2.C4F6O3.C2H7N.S11.H2/c1-36-19-11-32(10-18-29-31-22(33(18)19)23(25,26)27)21(35)15-8-12(6-7-16(15)24)9-17-13-4-2-3-5-14(13)20(34)30-28-17;18-14-6-5-10(7-13(14)17(21)22)8-15-11-3-1-2-4-12(11)16(20)9-19-15;2*1-15(2)6-4-12-3-5-13-14-7(16(5)6)8(9,10)11;1-10(2)6-4-8-3-5(7)9-6;1-11(2)6-4-8-3-5(9-6)10-7;5-3-1-7-2-4(6)8-3;5-3(6,7)1(11)13-2(12)4(8,9)10;1-3-2;1-3-5-7-9-11-10-8-6-4-2;/h2-8,19H,9-11H2,1H3,(H,30,34);1-7H,8-9H2,(H,21,22);6,12H,3-4H2,1-2H3;3-4H,1-2H3;3-4H,1-2H3;3-4H,7H2,1-2H3,(H,9,10);1-2H;;3H,1-2H3;;1H. The van der Waals surface area contributed by atoms with E-state index in [1.807, 2.05) is 64.2 Å². The number of likely N-dealkylation sites (N-methyl/N-ethyl adjacent to an activating group) is 1. The van der Waals surface area contributed by atoms with E-state index in [2.05, 4.69) is 124 Å². The summed E-state index contributed by atoms with van der Waals surface area (Å²) in [7, 11) is 33.7. The highest BCUT2D eigenvalue weighted by Crippen LogP contribution is 2.36. The van der Waals surface area contributed by atoms with Gasteiger partial charge in [-0.2, -0.15) is 71.0 Å². The number of esters is 2. The molecule has 4 aromatic carbocycles. The van der Waals surface area contributed by atoms with Crippen molar-refractivity contribution >= 4 is 212 Å². The van der Waals surface area contributed by atoms with Gasteiger partial charge in [-0.05, 0) is 69.6 Å². The minimum Gasteiger partial charge on any atom is -0.478 e. The average molecular weight is 2340 g/mol. The smallest absolute Gasteiger partial charge is 0.478 e. The van der Waals surface area contributed by atoms with E-state index in [4.69, 9.17) is 50.5 Å². The Labute approximate surface area is 867 Å². The lowest BCUT2D eigenvalue weighted by Crippen LogP contribution is -2.43. The lowest BCUT2D eigenvalue weighted by atomic mass is 9.92. The molecule has 15 rings (SSSR count). The lowest BCUT2D eigenvalue weighted by molar-refractivity contribution is -0.221. The zero-order valence-electron chi connectivity index (χ0n) is 76.4. The maximum Gasteiger partial charge on any atom is 0.491 e. The van der Waals surface area contributed by atoms with Crippen LogP contribution < -0.4 is 42.2 Å². The number of nitrogens with two attached hydrogens (primary N) is 1. The van der Waals surface area contributed by atoms with Crippen LogP contribution in [0, 0.1) is 11.6 Å². The number of benzene rings is 4. The molecule has 0 saturated heterocycles. The summed E-state index contributed by atoms with van der Waals surface area (Å²) in [5.74, 6) is -5.52. The number of rotatable bonds is 12. The summed E-state index contributed by atoms with van der Waals surface area (Å²) >= 11 is 25.7. The number of carboxylic acid groups (broad SMARTS) is 1. The van der Waals surface area contributed by atoms with Gasteiger partial charge in [-0.15, -0.1) is 30.6 Å². The van der Waals surface area contributed by atoms with Gasteiger partial charge in [-0.25, -0.2) is 49.1 Å². The molecule has 3 aliphatic heterocycles. The molecule has 0 bridgehead atoms. The minimum absolute atomic E-state index is 0. The molecule has 0 fully saturated rings. The predicted octanol–water partition coefficient (Wildman–Crippen LogP) is 11.5. The topological polar surface area (TPSA) is 442 Å². The molecular weight excluding hydrogens is 2260 g/mol. The van der Waals surface area contributed by atoms with E-state index >= 15 is 0 Å². The molecule has 2 unspecified atom stereocenters. The van der Waals surface area contributed by atoms with Gasteiger partial charge in [0.2, 0.25) is 17.5 Å². The van der Waals surface area contributed by atoms with Gasteiger partial charge < -0.3 is 50.2 Å². The molecule has 0 saturated carbocycles. The van der Waals surface area contributed by atoms with Crippen LogP contribution in [0.4, 0.5) is 97.9 Å². The molecule has 0 spiro atoms. The highest BCUT2D eigenvalue weighted by atomic mass is 35.5. The number of hydrogen-bond donors (Lipinski definition) is 6. The molecule has 0 radical (unpaired) electrons. The van der Waals surface area contributed by atoms with Crippen LogP contribution in [-0.4, -0.2) is 249 Å². The number of methoxy groups -OCH3 is 1. The molecule has 68 heteroatoms. The van der Waals surface area contributed by atoms with Crippen molar-refractivity contribution in [2.24, 2.45) is 10.8 Å². The Balaban J connectivity index is 0.000000302. The second kappa shape index (κ2) is 58.4. The fraction of sp³-hybridized carbons (Fsp3) is 0.321. The van der Waals surface area contributed by atoms with Gasteiger partial charge in [0.25, 0.3) is 11.5 Å². The van der Waals surface area contributed by atoms with Crippen LogP contribution in [0.15, 0.2) is 144 Å². The Morgan fingerprint density at radius 3 is 1.55 bits per heavy atom. The first-order chi connectivity index (χ1) is 68.6. The molecule has 0 aliphatic carbocycles. The summed E-state index contributed by atoms with van der Waals surface area (Å²) in [6.45, 7) is 0.269. The normalized spacial score (nSPS) is 13.2. The number of ketones is 1. The summed E-state index contributed by atoms with van der Waals surface area (Å²) in [4.78, 5) is 107. The van der Waals surface area contributed by atoms with E-state index in [0.29, 0.717) is 85.5 Å². The third-order valence-electron chi connectivity index (χ3n) is 17.8. The number of nitrogen functional groups attached to an aromatic ring is 1. The first-order valence-electron chi connectivity index (χ1n) is 39.7. The summed E-state index contributed by atoms with van der Waals surface area (Å²) in [5.41, 5.74) is 5.31. The molecule has 37 nitrogen and oxygen atoms in total. The third-order valence-corrected chi connectivity index (χ3v) is 36.2. The summed E-state index contributed by atoms with van der Waals surface area (Å²) in [6, 6.07) is 22.0. The number of H-pyrrole nitrogens is 1. The van der Waals surface area contributed by atoms with Crippen LogP contribution in [0.5, 0.6) is 0 Å². The van der Waals surface area contributed by atoms with Crippen LogP contribution >= 0.6 is 34.8 Å². The van der Waals surface area contributed by atoms with Crippen molar-refractivity contribution in [2.45, 2.75) is 69.2 Å². The third kappa shape index (κ3) is 38.1. The van der Waals surface area contributed by atoms with Gasteiger partial charge in [-0.3, -0.25) is 57.7 Å². The van der Waals surface area contributed by atoms with E-state index in [-0.39, 0.29) is 67.2 Å². The number of hydrazine groups is 1. The van der Waals surface area contributed by atoms with Crippen molar-refractivity contribution in [2.75, 3.05) is 117 Å². The van der Waals surface area contributed by atoms with E-state index in [9.17, 15) is 103 Å². The van der Waals surface area contributed by atoms with Gasteiger partial charge >= 0.3 is 48.8 Å². The van der Waals surface area contributed by atoms with Gasteiger partial charge in [0, 0.05) is 195 Å². The average Bonchev–Trinajstić information content (AvgIpc) is 1.65. The number of aliphatic imine (C=N–C) groups is 1. The second-order valence-corrected chi connectivity index (χ2v) is 45.9. The number of Topliss-reactive ketones (excluding diaryl/α,β-unsaturated/α-hetero) is 1. The number of carbonyl (C=O) groups excluding carboxylic acids is 4. The molecule has 12 aromatic rings. The Morgan fingerprint density at radius 2 is 1.05 bits per heavy atom. The maximum absolute atomic E-state index is 14.7. The number of nitrogens with zero attached hydrogens (tertiary/aromatic N) is 23. The lowest BCUT2D eigenvalue weighted by Gasteiger charge is -2.33. The molecule has 8 aromatic heterocycles. The maximum atomic E-state index is 14.7. The number of aromatic carboxylic acids is 1. The number of aromatic nitrogens is 18. The number of carbonyl (C=O) groups is 5. The van der Waals surface area contributed by atoms with Gasteiger partial charge in [0.05, 0.1) is 91.4 Å². The SMILES string of the molecule is CN(C)C1CNCc2nnc(C(F)(F)F)n21.CN(C)c1cncc(Cl)n1.CN(C)c1cncc(NN)n1.CN(C)c1cncc2nnc(C(F)(F)F)n12.CNC.COC1CN(C(=O)c2cc(Cc3n[nH]c(=O)c4ccccc34)ccc2F)Cc2nnc(C(F)(F)F)n21.Clc1cncc(Cl)n1.O=C(O)c1cc(CC2=NCC(=O)c3ccccc32)ccc1F.O=C(OC(=O)C(F)(F)F)C(F)(F)F.S=S=S=S=S=S=S=S=S=S=S.[HH]. The number of alkyl halides is 15. The van der Waals surface area contributed by atoms with E-state index in [0.717, 1.165) is 47.8 Å². The Bertz CT molecular complexity index is 7010. The van der Waals surface area contributed by atoms with Gasteiger partial charge in [0.15, 0.2) is 29.3 Å². The second-order valence-electron chi connectivity index (χ2n) is 28.9. The first-order valence-corrected chi connectivity index (χ1v) is 54.2. The van der Waals surface area contributed by atoms with Crippen molar-refractivity contribution in [3.05, 3.63) is 240 Å². The number of aromatic amines is 1. The summed E-state index contributed by atoms with van der Waals surface area (Å²) in [6.07, 6.45) is -14.3. The monoisotopic (exact) mass is 2330 g/mol. The fourth-order valence-corrected chi connectivity index (χ4v) is 31.4. The zero-order chi connectivity index (χ0) is 109. The highest BCUT2D eigenvalue weighted by Gasteiger charge is 2.50. The van der Waals surface area contributed by atoms with Gasteiger partial charge in [-0.1, -0.05) is 89.4 Å². The molecule has 11 heterocycles. The molecule has 3 aliphatic rings. The van der Waals surface area contributed by atoms with E-state index in [1.165, 1.54) is 85.0 Å². The Hall–Kier alpha value is -11.4. The van der Waals surface area contributed by atoms with Crippen LogP contribution in [0.25, 0.3) is 16.4 Å². The van der Waals surface area contributed by atoms with Crippen LogP contribution in [0.2, 0.25) is 15.5 Å². The molecule has 1 amide bonds. The van der Waals surface area contributed by atoms with Crippen molar-refractivity contribution in [1.29, 1.82) is 0 Å². The first kappa shape index (κ1) is 123. The molecule has 2 atom stereocenters. The number of amides is 1. The number of hydrogen-bond acceptors (Lipinski definition) is 33. The molecule has 146 heavy (non-hydrogen) atoms. The largest absolute Gasteiger partial charge is 0.491 e. The predicted molar refractivity (Wildman–Crippen MR) is 535 cm³/mol. The Morgan fingerprint density at radius 1 is 0.575 bits per heavy atom. The molecule has 7 N–H and O–H groups in total. The summed E-state index contributed by atoms with van der Waals surface area (Å²) in [5, 5.41) is 43.5. The molecule has 792 valence electrons. The fourth-order valence-electron chi connectivity index (χ4n) is 11.7. The Kier molecular flexibility index (Phi) is 49.3. The quantitative estimate of drug-likeness (QED) is 0.0217. The zero-order valence-corrected chi connectivity index (χ0v) is 87.7. The van der Waals surface area contributed by atoms with Gasteiger partial charge in [0.1, 0.15) is 63.1 Å². The minimum atomic E-state index is -5.62. The number of halogens is 20. The number of carboxylic acids is 1.